The van der Waals surface area contributed by atoms with E-state index in [2.05, 4.69) is 14.6 Å². The average Bonchev–Trinajstić information content (AvgIpc) is 3.11. The number of hydrogen-bond donors (Lipinski definition) is 0. The fourth-order valence-corrected chi connectivity index (χ4v) is 2.95. The van der Waals surface area contributed by atoms with Crippen molar-refractivity contribution in [3.8, 4) is 0 Å². The smallest absolute Gasteiger partial charge is 0.267 e. The zero-order chi connectivity index (χ0) is 16.2. The van der Waals surface area contributed by atoms with Gasteiger partial charge in [0, 0.05) is 18.3 Å². The van der Waals surface area contributed by atoms with E-state index in [1.807, 2.05) is 30.3 Å². The van der Waals surface area contributed by atoms with Gasteiger partial charge in [-0.2, -0.15) is 0 Å². The van der Waals surface area contributed by atoms with E-state index < -0.39 is 0 Å². The number of aromatic nitrogens is 3. The standard InChI is InChI=1S/C16H13ClN4OS/c1-21(16(22)14-10-19-20-23-14)15(13-4-2-3-9-18-13)11-5-7-12(17)8-6-11/h2-10,15H,1H3/t15-/m0/s1. The summed E-state index contributed by atoms with van der Waals surface area (Å²) < 4.78 is 3.75. The second kappa shape index (κ2) is 6.85. The molecule has 3 rings (SSSR count). The number of carbonyl (C=O) groups is 1. The largest absolute Gasteiger partial charge is 0.328 e. The molecule has 7 heteroatoms. The topological polar surface area (TPSA) is 59.0 Å². The molecule has 0 N–H and O–H groups in total. The summed E-state index contributed by atoms with van der Waals surface area (Å²) in [5.41, 5.74) is 1.71. The Morgan fingerprint density at radius 1 is 1.22 bits per heavy atom. The fourth-order valence-electron chi connectivity index (χ4n) is 2.33. The van der Waals surface area contributed by atoms with E-state index >= 15 is 0 Å². The van der Waals surface area contributed by atoms with Crippen LogP contribution in [0.5, 0.6) is 0 Å². The Morgan fingerprint density at radius 2 is 2.00 bits per heavy atom. The van der Waals surface area contributed by atoms with Crippen molar-refractivity contribution in [2.75, 3.05) is 7.05 Å². The van der Waals surface area contributed by atoms with Gasteiger partial charge in [-0.15, -0.1) is 5.10 Å². The van der Waals surface area contributed by atoms with Crippen LogP contribution in [0.2, 0.25) is 5.02 Å². The van der Waals surface area contributed by atoms with Crippen molar-refractivity contribution in [3.63, 3.8) is 0 Å². The van der Waals surface area contributed by atoms with Crippen molar-refractivity contribution in [2.24, 2.45) is 0 Å². The second-order valence-corrected chi connectivity index (χ2v) is 6.13. The molecule has 0 fully saturated rings. The summed E-state index contributed by atoms with van der Waals surface area (Å²) in [6, 6.07) is 12.7. The van der Waals surface area contributed by atoms with Crippen molar-refractivity contribution in [1.29, 1.82) is 0 Å². The Balaban J connectivity index is 2.01. The van der Waals surface area contributed by atoms with Crippen LogP contribution in [0.1, 0.15) is 27.0 Å². The molecule has 0 spiro atoms. The quantitative estimate of drug-likeness (QED) is 0.727. The fraction of sp³-hybridized carbons (Fsp3) is 0.125. The van der Waals surface area contributed by atoms with Gasteiger partial charge in [-0.25, -0.2) is 0 Å². The van der Waals surface area contributed by atoms with E-state index in [-0.39, 0.29) is 11.9 Å². The molecule has 1 amide bonds. The van der Waals surface area contributed by atoms with Crippen LogP contribution in [0.15, 0.2) is 54.9 Å². The molecule has 0 radical (unpaired) electrons. The van der Waals surface area contributed by atoms with Crippen LogP contribution in [0.25, 0.3) is 0 Å². The lowest BCUT2D eigenvalue weighted by Gasteiger charge is -2.27. The van der Waals surface area contributed by atoms with Gasteiger partial charge in [-0.1, -0.05) is 34.3 Å². The average molecular weight is 345 g/mol. The normalized spacial score (nSPS) is 11.9. The number of benzene rings is 1. The molecular formula is C16H13ClN4OS. The maximum absolute atomic E-state index is 12.7. The van der Waals surface area contributed by atoms with Gasteiger partial charge in [0.05, 0.1) is 17.9 Å². The molecule has 2 aromatic heterocycles. The van der Waals surface area contributed by atoms with Crippen LogP contribution in [-0.2, 0) is 0 Å². The Labute approximate surface area is 142 Å². The highest BCUT2D eigenvalue weighted by molar-refractivity contribution is 7.07. The van der Waals surface area contributed by atoms with Gasteiger partial charge in [-0.05, 0) is 41.4 Å². The van der Waals surface area contributed by atoms with Gasteiger partial charge < -0.3 is 4.90 Å². The highest BCUT2D eigenvalue weighted by Gasteiger charge is 2.26. The van der Waals surface area contributed by atoms with Crippen LogP contribution in [0.4, 0.5) is 0 Å². The van der Waals surface area contributed by atoms with E-state index in [9.17, 15) is 4.79 Å². The number of rotatable bonds is 4. The van der Waals surface area contributed by atoms with Crippen molar-refractivity contribution < 1.29 is 4.79 Å². The Morgan fingerprint density at radius 3 is 2.61 bits per heavy atom. The highest BCUT2D eigenvalue weighted by Crippen LogP contribution is 2.28. The van der Waals surface area contributed by atoms with Gasteiger partial charge in [0.25, 0.3) is 5.91 Å². The lowest BCUT2D eigenvalue weighted by molar-refractivity contribution is 0.0757. The Kier molecular flexibility index (Phi) is 4.64. The third-order valence-corrected chi connectivity index (χ3v) is 4.34. The first kappa shape index (κ1) is 15.6. The van der Waals surface area contributed by atoms with Crippen molar-refractivity contribution in [2.45, 2.75) is 6.04 Å². The molecule has 0 saturated carbocycles. The van der Waals surface area contributed by atoms with Crippen molar-refractivity contribution in [1.82, 2.24) is 19.5 Å². The molecule has 0 saturated heterocycles. The lowest BCUT2D eigenvalue weighted by Crippen LogP contribution is -2.32. The number of halogens is 1. The van der Waals surface area contributed by atoms with Crippen LogP contribution in [-0.4, -0.2) is 32.4 Å². The van der Waals surface area contributed by atoms with Crippen LogP contribution < -0.4 is 0 Å². The zero-order valence-electron chi connectivity index (χ0n) is 12.3. The molecule has 0 aliphatic carbocycles. The maximum atomic E-state index is 12.7. The van der Waals surface area contributed by atoms with E-state index in [4.69, 9.17) is 11.6 Å². The number of amides is 1. The monoisotopic (exact) mass is 344 g/mol. The Hall–Kier alpha value is -2.31. The third-order valence-electron chi connectivity index (χ3n) is 3.43. The van der Waals surface area contributed by atoms with Crippen molar-refractivity contribution >= 4 is 29.0 Å². The predicted molar refractivity (Wildman–Crippen MR) is 89.5 cm³/mol. The molecule has 1 aromatic carbocycles. The van der Waals surface area contributed by atoms with Gasteiger partial charge in [-0.3, -0.25) is 9.78 Å². The minimum absolute atomic E-state index is 0.148. The molecule has 3 aromatic rings. The first-order valence-corrected chi connectivity index (χ1v) is 8.03. The van der Waals surface area contributed by atoms with Crippen LogP contribution in [0.3, 0.4) is 0 Å². The van der Waals surface area contributed by atoms with E-state index in [0.717, 1.165) is 22.8 Å². The highest BCUT2D eigenvalue weighted by atomic mass is 35.5. The molecule has 1 atom stereocenters. The summed E-state index contributed by atoms with van der Waals surface area (Å²) >= 11 is 7.05. The molecule has 0 aliphatic heterocycles. The first-order valence-electron chi connectivity index (χ1n) is 6.87. The van der Waals surface area contributed by atoms with Crippen molar-refractivity contribution in [3.05, 3.63) is 76.0 Å². The summed E-state index contributed by atoms with van der Waals surface area (Å²) in [6.45, 7) is 0. The zero-order valence-corrected chi connectivity index (χ0v) is 13.8. The summed E-state index contributed by atoms with van der Waals surface area (Å²) in [7, 11) is 1.75. The molecule has 2 heterocycles. The van der Waals surface area contributed by atoms with Crippen LogP contribution in [0, 0.1) is 0 Å². The summed E-state index contributed by atoms with van der Waals surface area (Å²) in [6.07, 6.45) is 3.19. The van der Waals surface area contributed by atoms with E-state index in [1.54, 1.807) is 30.3 Å². The Bertz CT molecular complexity index is 778. The molecule has 23 heavy (non-hydrogen) atoms. The number of hydrogen-bond acceptors (Lipinski definition) is 5. The van der Waals surface area contributed by atoms with Crippen LogP contribution >= 0.6 is 23.1 Å². The summed E-state index contributed by atoms with van der Waals surface area (Å²) in [5, 5.41) is 4.38. The molecule has 0 bridgehead atoms. The van der Waals surface area contributed by atoms with Gasteiger partial charge in [0.15, 0.2) is 0 Å². The summed E-state index contributed by atoms with van der Waals surface area (Å²) in [5.74, 6) is -0.148. The maximum Gasteiger partial charge on any atom is 0.267 e. The third kappa shape index (κ3) is 3.38. The lowest BCUT2D eigenvalue weighted by atomic mass is 10.0. The number of pyridine rings is 1. The minimum Gasteiger partial charge on any atom is -0.328 e. The molecule has 0 aliphatic rings. The predicted octanol–water partition coefficient (Wildman–Crippen LogP) is 3.45. The van der Waals surface area contributed by atoms with Gasteiger partial charge in [0.2, 0.25) is 0 Å². The van der Waals surface area contributed by atoms with Gasteiger partial charge in [0.1, 0.15) is 4.88 Å². The molecule has 0 unspecified atom stereocenters. The van der Waals surface area contributed by atoms with E-state index in [0.29, 0.717) is 9.90 Å². The molecule has 5 nitrogen and oxygen atoms in total. The minimum atomic E-state index is -0.317. The molecule has 116 valence electrons. The molecular weight excluding hydrogens is 332 g/mol. The van der Waals surface area contributed by atoms with Gasteiger partial charge >= 0.3 is 0 Å². The first-order chi connectivity index (χ1) is 11.2. The second-order valence-electron chi connectivity index (χ2n) is 4.91. The number of nitrogens with zero attached hydrogens (tertiary/aromatic N) is 4. The number of carbonyl (C=O) groups excluding carboxylic acids is 1. The summed E-state index contributed by atoms with van der Waals surface area (Å²) in [4.78, 5) is 19.2. The SMILES string of the molecule is CN(C(=O)c1cnns1)[C@@H](c1ccc(Cl)cc1)c1ccccn1. The van der Waals surface area contributed by atoms with E-state index in [1.165, 1.54) is 6.20 Å².